The SMILES string of the molecule is CN1C=C(Br)C=NC1Br. The highest BCUT2D eigenvalue weighted by atomic mass is 79.9. The van der Waals surface area contributed by atoms with Gasteiger partial charge in [0.15, 0.2) is 5.08 Å². The van der Waals surface area contributed by atoms with E-state index in [0.717, 1.165) is 4.48 Å². The maximum absolute atomic E-state index is 4.09. The third-order valence-electron chi connectivity index (χ3n) is 0.984. The molecule has 0 saturated carbocycles. The molecule has 0 bridgehead atoms. The van der Waals surface area contributed by atoms with Crippen molar-refractivity contribution in [3.63, 3.8) is 0 Å². The molecule has 0 N–H and O–H groups in total. The molecule has 0 aliphatic carbocycles. The lowest BCUT2D eigenvalue weighted by Crippen LogP contribution is -2.21. The van der Waals surface area contributed by atoms with Gasteiger partial charge in [-0.1, -0.05) is 0 Å². The first-order valence-corrected chi connectivity index (χ1v) is 4.17. The van der Waals surface area contributed by atoms with Crippen LogP contribution in [0.1, 0.15) is 0 Å². The van der Waals surface area contributed by atoms with Gasteiger partial charge in [-0.25, -0.2) is 0 Å². The van der Waals surface area contributed by atoms with Crippen molar-refractivity contribution in [2.45, 2.75) is 5.08 Å². The van der Waals surface area contributed by atoms with E-state index >= 15 is 0 Å². The van der Waals surface area contributed by atoms with Gasteiger partial charge in [-0.3, -0.25) is 4.99 Å². The number of hydrogen-bond acceptors (Lipinski definition) is 2. The summed E-state index contributed by atoms with van der Waals surface area (Å²) >= 11 is 6.65. The van der Waals surface area contributed by atoms with Crippen molar-refractivity contribution in [1.82, 2.24) is 4.90 Å². The molecular formula is C5H6Br2N2. The smallest absolute Gasteiger partial charge is 0.177 e. The van der Waals surface area contributed by atoms with Crippen LogP contribution in [0.4, 0.5) is 0 Å². The molecule has 0 amide bonds. The van der Waals surface area contributed by atoms with Crippen LogP contribution in [0.15, 0.2) is 15.7 Å². The van der Waals surface area contributed by atoms with Gasteiger partial charge in [0, 0.05) is 19.5 Å². The largest absolute Gasteiger partial charge is 0.349 e. The van der Waals surface area contributed by atoms with Gasteiger partial charge in [0.25, 0.3) is 0 Å². The summed E-state index contributed by atoms with van der Waals surface area (Å²) in [7, 11) is 1.96. The van der Waals surface area contributed by atoms with Crippen LogP contribution < -0.4 is 0 Å². The van der Waals surface area contributed by atoms with Crippen LogP contribution in [0.25, 0.3) is 0 Å². The predicted molar refractivity (Wildman–Crippen MR) is 46.0 cm³/mol. The maximum Gasteiger partial charge on any atom is 0.177 e. The first-order chi connectivity index (χ1) is 4.20. The topological polar surface area (TPSA) is 15.6 Å². The van der Waals surface area contributed by atoms with E-state index in [0.29, 0.717) is 0 Å². The molecule has 0 fully saturated rings. The monoisotopic (exact) mass is 252 g/mol. The molecule has 50 valence electrons. The average Bonchev–Trinajstić information content (AvgIpc) is 1.80. The van der Waals surface area contributed by atoms with Crippen molar-refractivity contribution in [3.8, 4) is 0 Å². The van der Waals surface area contributed by atoms with E-state index in [1.165, 1.54) is 0 Å². The lowest BCUT2D eigenvalue weighted by atomic mass is 10.6. The van der Waals surface area contributed by atoms with E-state index in [-0.39, 0.29) is 5.08 Å². The zero-order chi connectivity index (χ0) is 6.85. The standard InChI is InChI=1S/C5H6Br2N2/c1-9-3-4(6)2-8-5(9)7/h2-3,5H,1H3. The van der Waals surface area contributed by atoms with Gasteiger partial charge in [-0.05, 0) is 31.9 Å². The number of hydrogen-bond donors (Lipinski definition) is 0. The van der Waals surface area contributed by atoms with Crippen LogP contribution in [0.3, 0.4) is 0 Å². The van der Waals surface area contributed by atoms with E-state index in [1.54, 1.807) is 6.21 Å². The molecular weight excluding hydrogens is 248 g/mol. The van der Waals surface area contributed by atoms with Gasteiger partial charge in [0.2, 0.25) is 0 Å². The van der Waals surface area contributed by atoms with Gasteiger partial charge in [-0.2, -0.15) is 0 Å². The Kier molecular flexibility index (Phi) is 2.29. The first kappa shape index (κ1) is 7.28. The fraction of sp³-hybridized carbons (Fsp3) is 0.400. The Morgan fingerprint density at radius 3 is 2.89 bits per heavy atom. The van der Waals surface area contributed by atoms with Crippen molar-refractivity contribution < 1.29 is 0 Å². The van der Waals surface area contributed by atoms with Gasteiger partial charge in [0.1, 0.15) is 0 Å². The normalized spacial score (nSPS) is 26.3. The molecule has 1 aliphatic heterocycles. The number of halogens is 2. The minimum Gasteiger partial charge on any atom is -0.349 e. The molecule has 0 aromatic carbocycles. The molecule has 0 saturated heterocycles. The molecule has 1 rings (SSSR count). The summed E-state index contributed by atoms with van der Waals surface area (Å²) in [5, 5.41) is 0.0961. The summed E-state index contributed by atoms with van der Waals surface area (Å²) < 4.78 is 1.00. The first-order valence-electron chi connectivity index (χ1n) is 2.46. The van der Waals surface area contributed by atoms with Gasteiger partial charge >= 0.3 is 0 Å². The van der Waals surface area contributed by atoms with Crippen LogP contribution in [0.2, 0.25) is 0 Å². The van der Waals surface area contributed by atoms with Crippen molar-refractivity contribution in [1.29, 1.82) is 0 Å². The second kappa shape index (κ2) is 2.84. The Hall–Kier alpha value is 0.170. The second-order valence-electron chi connectivity index (χ2n) is 1.77. The number of allylic oxidation sites excluding steroid dienone is 1. The summed E-state index contributed by atoms with van der Waals surface area (Å²) in [6.45, 7) is 0. The van der Waals surface area contributed by atoms with Gasteiger partial charge < -0.3 is 4.90 Å². The zero-order valence-corrected chi connectivity index (χ0v) is 8.05. The third-order valence-corrected chi connectivity index (χ3v) is 2.28. The minimum atomic E-state index is 0.0961. The lowest BCUT2D eigenvalue weighted by molar-refractivity contribution is 0.441. The molecule has 9 heavy (non-hydrogen) atoms. The quantitative estimate of drug-likeness (QED) is 0.476. The Balaban J connectivity index is 2.70. The molecule has 0 spiro atoms. The Morgan fingerprint density at radius 2 is 2.44 bits per heavy atom. The molecule has 0 radical (unpaired) electrons. The molecule has 0 aromatic heterocycles. The fourth-order valence-corrected chi connectivity index (χ4v) is 1.20. The second-order valence-corrected chi connectivity index (χ2v) is 3.50. The highest BCUT2D eigenvalue weighted by Gasteiger charge is 2.07. The van der Waals surface area contributed by atoms with E-state index in [9.17, 15) is 0 Å². The van der Waals surface area contributed by atoms with Crippen molar-refractivity contribution >= 4 is 38.1 Å². The Morgan fingerprint density at radius 1 is 1.78 bits per heavy atom. The van der Waals surface area contributed by atoms with E-state index in [1.807, 2.05) is 18.1 Å². The zero-order valence-electron chi connectivity index (χ0n) is 4.88. The molecule has 1 unspecified atom stereocenters. The summed E-state index contributed by atoms with van der Waals surface area (Å²) in [5.41, 5.74) is 0. The van der Waals surface area contributed by atoms with Crippen molar-refractivity contribution in [2.24, 2.45) is 4.99 Å². The highest BCUT2D eigenvalue weighted by Crippen LogP contribution is 2.15. The average molecular weight is 254 g/mol. The molecule has 1 aliphatic rings. The molecule has 2 nitrogen and oxygen atoms in total. The van der Waals surface area contributed by atoms with E-state index < -0.39 is 0 Å². The van der Waals surface area contributed by atoms with Gasteiger partial charge in [0.05, 0.1) is 4.48 Å². The van der Waals surface area contributed by atoms with Crippen molar-refractivity contribution in [2.75, 3.05) is 7.05 Å². The minimum absolute atomic E-state index is 0.0961. The van der Waals surface area contributed by atoms with Crippen molar-refractivity contribution in [3.05, 3.63) is 10.7 Å². The van der Waals surface area contributed by atoms with Crippen LogP contribution >= 0.6 is 31.9 Å². The lowest BCUT2D eigenvalue weighted by Gasteiger charge is -2.20. The number of rotatable bonds is 0. The molecule has 0 aromatic rings. The van der Waals surface area contributed by atoms with E-state index in [4.69, 9.17) is 0 Å². The Labute approximate surface area is 70.9 Å². The number of nitrogens with zero attached hydrogens (tertiary/aromatic N) is 2. The van der Waals surface area contributed by atoms with Crippen LogP contribution in [-0.4, -0.2) is 23.2 Å². The molecule has 1 heterocycles. The highest BCUT2D eigenvalue weighted by molar-refractivity contribution is 9.12. The fourth-order valence-electron chi connectivity index (χ4n) is 0.527. The Bertz CT molecular complexity index is 164. The predicted octanol–water partition coefficient (Wildman–Crippen LogP) is 1.92. The third kappa shape index (κ3) is 1.79. The van der Waals surface area contributed by atoms with Crippen LogP contribution in [0.5, 0.6) is 0 Å². The molecule has 1 atom stereocenters. The number of alkyl halides is 1. The van der Waals surface area contributed by atoms with Crippen LogP contribution in [-0.2, 0) is 0 Å². The maximum atomic E-state index is 4.09. The number of aliphatic imine (C=N–C) groups is 1. The summed E-state index contributed by atoms with van der Waals surface area (Å²) in [6, 6.07) is 0. The summed E-state index contributed by atoms with van der Waals surface area (Å²) in [6.07, 6.45) is 3.74. The summed E-state index contributed by atoms with van der Waals surface area (Å²) in [4.78, 5) is 6.06. The van der Waals surface area contributed by atoms with Crippen LogP contribution in [0, 0.1) is 0 Å². The summed E-state index contributed by atoms with van der Waals surface area (Å²) in [5.74, 6) is 0. The molecule has 4 heteroatoms. The van der Waals surface area contributed by atoms with Gasteiger partial charge in [-0.15, -0.1) is 0 Å². The van der Waals surface area contributed by atoms with E-state index in [2.05, 4.69) is 36.9 Å².